The Morgan fingerprint density at radius 1 is 0.765 bits per heavy atom. The number of hydrogen-bond acceptors (Lipinski definition) is 1. The lowest BCUT2D eigenvalue weighted by atomic mass is 10.1. The third-order valence-corrected chi connectivity index (χ3v) is 3.41. The maximum absolute atomic E-state index is 12.0. The summed E-state index contributed by atoms with van der Waals surface area (Å²) in [5.41, 5.74) is 0.0590. The molecule has 0 N–H and O–H groups in total. The summed E-state index contributed by atoms with van der Waals surface area (Å²) in [7, 11) is 0. The van der Waals surface area contributed by atoms with E-state index in [-0.39, 0.29) is 5.43 Å². The molecule has 2 heteroatoms. The maximum Gasteiger partial charge on any atom is 0.186 e. The molecule has 0 aliphatic carbocycles. The summed E-state index contributed by atoms with van der Waals surface area (Å²) in [6, 6.07) is 17.3. The van der Waals surface area contributed by atoms with Gasteiger partial charge in [0.05, 0.1) is 0 Å². The first kappa shape index (κ1) is 10.5. The first-order valence-corrected chi connectivity index (χ1v) is 6.16. The molecule has 1 nitrogen and oxygen atoms in total. The summed E-state index contributed by atoms with van der Waals surface area (Å²) >= 11 is 3.46. The highest BCUT2D eigenvalue weighted by molar-refractivity contribution is 9.10. The van der Waals surface area contributed by atoms with E-state index < -0.39 is 0 Å². The summed E-state index contributed by atoms with van der Waals surface area (Å²) in [6.07, 6.45) is 0. The monoisotopic (exact) mass is 284 g/mol. The number of rotatable bonds is 0. The van der Waals surface area contributed by atoms with Crippen LogP contribution in [0.2, 0.25) is 0 Å². The predicted molar refractivity (Wildman–Crippen MR) is 75.4 cm³/mol. The van der Waals surface area contributed by atoms with Crippen LogP contribution in [0.25, 0.3) is 21.5 Å². The van der Waals surface area contributed by atoms with Gasteiger partial charge in [-0.2, -0.15) is 0 Å². The van der Waals surface area contributed by atoms with Crippen molar-refractivity contribution in [1.29, 1.82) is 0 Å². The zero-order chi connectivity index (χ0) is 11.8. The maximum atomic E-state index is 12.0. The van der Waals surface area contributed by atoms with Crippen molar-refractivity contribution in [3.05, 3.63) is 69.3 Å². The van der Waals surface area contributed by atoms with Gasteiger partial charge in [0.2, 0.25) is 0 Å². The minimum atomic E-state index is 0.0590. The van der Waals surface area contributed by atoms with E-state index in [2.05, 4.69) is 15.9 Å². The van der Waals surface area contributed by atoms with Crippen LogP contribution in [0.15, 0.2) is 63.9 Å². The van der Waals surface area contributed by atoms with Crippen LogP contribution in [-0.4, -0.2) is 0 Å². The first-order chi connectivity index (χ1) is 8.25. The average molecular weight is 285 g/mol. The zero-order valence-corrected chi connectivity index (χ0v) is 10.6. The lowest BCUT2D eigenvalue weighted by Crippen LogP contribution is -1.93. The van der Waals surface area contributed by atoms with Crippen molar-refractivity contribution in [2.75, 3.05) is 0 Å². The Labute approximate surface area is 107 Å². The van der Waals surface area contributed by atoms with Crippen molar-refractivity contribution in [1.82, 2.24) is 0 Å². The quantitative estimate of drug-likeness (QED) is 0.607. The van der Waals surface area contributed by atoms with Crippen LogP contribution in [0, 0.1) is 0 Å². The molecule has 0 bridgehead atoms. The van der Waals surface area contributed by atoms with E-state index in [4.69, 9.17) is 0 Å². The second-order valence-electron chi connectivity index (χ2n) is 3.97. The van der Waals surface area contributed by atoms with E-state index >= 15 is 0 Å². The fraction of sp³-hybridized carbons (Fsp3) is 0. The summed E-state index contributed by atoms with van der Waals surface area (Å²) in [5.74, 6) is 0. The molecule has 17 heavy (non-hydrogen) atoms. The van der Waals surface area contributed by atoms with E-state index in [1.165, 1.54) is 0 Å². The zero-order valence-electron chi connectivity index (χ0n) is 8.98. The molecule has 0 heterocycles. The van der Waals surface area contributed by atoms with Crippen LogP contribution in [0.3, 0.4) is 0 Å². The van der Waals surface area contributed by atoms with Gasteiger partial charge < -0.3 is 0 Å². The van der Waals surface area contributed by atoms with Crippen molar-refractivity contribution < 1.29 is 0 Å². The van der Waals surface area contributed by atoms with Crippen molar-refractivity contribution >= 4 is 37.5 Å². The van der Waals surface area contributed by atoms with Crippen LogP contribution in [-0.2, 0) is 0 Å². The number of benzene rings is 2. The molecule has 0 saturated carbocycles. The summed E-state index contributed by atoms with van der Waals surface area (Å²) in [5, 5.41) is 3.93. The molecule has 3 aromatic rings. The molecule has 0 unspecified atom stereocenters. The molecule has 0 atom stereocenters. The van der Waals surface area contributed by atoms with E-state index in [1.807, 2.05) is 48.5 Å². The second-order valence-corrected chi connectivity index (χ2v) is 4.89. The lowest BCUT2D eigenvalue weighted by molar-refractivity contribution is 1.70. The molecule has 3 aromatic carbocycles. The summed E-state index contributed by atoms with van der Waals surface area (Å²) in [6.45, 7) is 0. The number of fused-ring (bicyclic) bond motifs is 3. The normalized spacial score (nSPS) is 10.9. The van der Waals surface area contributed by atoms with Gasteiger partial charge in [-0.15, -0.1) is 0 Å². The average Bonchev–Trinajstić information content (AvgIpc) is 2.48. The van der Waals surface area contributed by atoms with Gasteiger partial charge in [-0.25, -0.2) is 0 Å². The molecule has 82 valence electrons. The Kier molecular flexibility index (Phi) is 2.45. The third kappa shape index (κ3) is 1.75. The highest BCUT2D eigenvalue weighted by atomic mass is 79.9. The molecule has 3 rings (SSSR count). The van der Waals surface area contributed by atoms with Gasteiger partial charge in [0.25, 0.3) is 0 Å². The van der Waals surface area contributed by atoms with Gasteiger partial charge >= 0.3 is 0 Å². The van der Waals surface area contributed by atoms with Crippen LogP contribution in [0.1, 0.15) is 0 Å². The van der Waals surface area contributed by atoms with Crippen LogP contribution >= 0.6 is 15.9 Å². The third-order valence-electron chi connectivity index (χ3n) is 2.91. The second kappa shape index (κ2) is 3.97. The van der Waals surface area contributed by atoms with Crippen LogP contribution in [0.5, 0.6) is 0 Å². The standard InChI is InChI=1S/C15H9BrO/c16-11-6-7-13-14(9-11)12-4-2-1-3-10(12)5-8-15(13)17/h1-9H. The molecular weight excluding hydrogens is 276 g/mol. The van der Waals surface area contributed by atoms with Crippen molar-refractivity contribution in [3.8, 4) is 0 Å². The molecule has 0 spiro atoms. The van der Waals surface area contributed by atoms with Gasteiger partial charge in [0, 0.05) is 9.86 Å². The minimum absolute atomic E-state index is 0.0590. The van der Waals surface area contributed by atoms with Gasteiger partial charge in [0.1, 0.15) is 0 Å². The molecular formula is C15H9BrO. The largest absolute Gasteiger partial charge is 0.289 e. The van der Waals surface area contributed by atoms with Gasteiger partial charge in [0.15, 0.2) is 5.43 Å². The lowest BCUT2D eigenvalue weighted by Gasteiger charge is -1.98. The Balaban J connectivity index is 2.71. The fourth-order valence-electron chi connectivity index (χ4n) is 2.10. The van der Waals surface area contributed by atoms with E-state index in [1.54, 1.807) is 6.07 Å². The number of halogens is 1. The Morgan fingerprint density at radius 3 is 2.47 bits per heavy atom. The van der Waals surface area contributed by atoms with Crippen molar-refractivity contribution in [3.63, 3.8) is 0 Å². The SMILES string of the molecule is O=c1ccc2ccccc2c2cc(Br)ccc12. The summed E-state index contributed by atoms with van der Waals surface area (Å²) in [4.78, 5) is 12.0. The molecule has 0 amide bonds. The smallest absolute Gasteiger partial charge is 0.186 e. The minimum Gasteiger partial charge on any atom is -0.289 e. The van der Waals surface area contributed by atoms with E-state index in [0.717, 1.165) is 26.0 Å². The molecule has 0 aliphatic heterocycles. The topological polar surface area (TPSA) is 17.1 Å². The van der Waals surface area contributed by atoms with Crippen LogP contribution < -0.4 is 5.43 Å². The predicted octanol–water partition coefficient (Wildman–Crippen LogP) is 4.12. The van der Waals surface area contributed by atoms with Crippen LogP contribution in [0.4, 0.5) is 0 Å². The van der Waals surface area contributed by atoms with E-state index in [0.29, 0.717) is 0 Å². The molecule has 0 saturated heterocycles. The molecule has 0 radical (unpaired) electrons. The molecule has 0 aliphatic rings. The fourth-order valence-corrected chi connectivity index (χ4v) is 2.46. The molecule has 0 fully saturated rings. The summed E-state index contributed by atoms with van der Waals surface area (Å²) < 4.78 is 0.987. The Bertz CT molecular complexity index is 778. The molecule has 0 aromatic heterocycles. The Morgan fingerprint density at radius 2 is 1.59 bits per heavy atom. The highest BCUT2D eigenvalue weighted by Crippen LogP contribution is 2.24. The number of hydrogen-bond donors (Lipinski definition) is 0. The Hall–Kier alpha value is -1.67. The van der Waals surface area contributed by atoms with Crippen molar-refractivity contribution in [2.45, 2.75) is 0 Å². The van der Waals surface area contributed by atoms with Gasteiger partial charge in [-0.3, -0.25) is 4.79 Å². The first-order valence-electron chi connectivity index (χ1n) is 5.37. The van der Waals surface area contributed by atoms with Gasteiger partial charge in [-0.1, -0.05) is 46.3 Å². The van der Waals surface area contributed by atoms with Gasteiger partial charge in [-0.05, 0) is 40.4 Å². The van der Waals surface area contributed by atoms with E-state index in [9.17, 15) is 4.79 Å². The highest BCUT2D eigenvalue weighted by Gasteiger charge is 2.02. The van der Waals surface area contributed by atoms with Crippen molar-refractivity contribution in [2.24, 2.45) is 0 Å².